The molecule has 1 unspecified atom stereocenters. The molecule has 0 heterocycles. The van der Waals surface area contributed by atoms with Gasteiger partial charge in [-0.15, -0.1) is 0 Å². The minimum Gasteiger partial charge on any atom is -0.481 e. The zero-order valence-corrected chi connectivity index (χ0v) is 30.0. The summed E-state index contributed by atoms with van der Waals surface area (Å²) in [6, 6.07) is 0. The van der Waals surface area contributed by atoms with Crippen molar-refractivity contribution in [1.29, 1.82) is 0 Å². The Morgan fingerprint density at radius 3 is 1.49 bits per heavy atom. The van der Waals surface area contributed by atoms with Crippen LogP contribution in [0.15, 0.2) is 0 Å². The van der Waals surface area contributed by atoms with E-state index in [9.17, 15) is 14.7 Å². The summed E-state index contributed by atoms with van der Waals surface area (Å²) < 4.78 is 5.39. The third kappa shape index (κ3) is 34.0. The first-order valence-corrected chi connectivity index (χ1v) is 20.1. The monoisotopic (exact) mass is 627 g/mol. The minimum atomic E-state index is -0.589. The molecule has 1 N–H and O–H groups in total. The summed E-state index contributed by atoms with van der Waals surface area (Å²) in [4.78, 5) is 23.6. The molecule has 0 radical (unpaired) electrons. The molecule has 0 bridgehead atoms. The summed E-state index contributed by atoms with van der Waals surface area (Å²) in [5, 5.41) is 9.61. The smallest absolute Gasteiger partial charge is 0.306 e. The number of ether oxygens (including phenoxy) is 1. The standard InChI is InChI=1S/C38H74O4S/c1-4-5-6-7-8-9-10-11-12-13-16-22-29-36(38(40)41)30-23-20-27-34-43-33-26-19-17-24-31-37(39)42-32-25-18-14-15-21-28-35(2)3/h35-36H,4-34H2,1-3H3,(H,40,41). The molecule has 0 rings (SSSR count). The molecule has 0 aliphatic rings. The highest BCUT2D eigenvalue weighted by molar-refractivity contribution is 7.99. The molecule has 0 aromatic heterocycles. The van der Waals surface area contributed by atoms with Gasteiger partial charge in [-0.25, -0.2) is 0 Å². The van der Waals surface area contributed by atoms with Gasteiger partial charge in [-0.3, -0.25) is 9.59 Å². The van der Waals surface area contributed by atoms with Gasteiger partial charge in [-0.05, 0) is 55.9 Å². The fourth-order valence-corrected chi connectivity index (χ4v) is 6.79. The van der Waals surface area contributed by atoms with Crippen molar-refractivity contribution < 1.29 is 19.4 Å². The topological polar surface area (TPSA) is 63.6 Å². The zero-order chi connectivity index (χ0) is 31.6. The van der Waals surface area contributed by atoms with Crippen LogP contribution in [0.1, 0.15) is 201 Å². The van der Waals surface area contributed by atoms with Crippen LogP contribution in [-0.2, 0) is 14.3 Å². The largest absolute Gasteiger partial charge is 0.481 e. The highest BCUT2D eigenvalue weighted by Crippen LogP contribution is 2.20. The Labute approximate surface area is 273 Å². The van der Waals surface area contributed by atoms with E-state index in [-0.39, 0.29) is 11.9 Å². The number of carbonyl (C=O) groups excluding carboxylic acids is 1. The molecule has 0 spiro atoms. The molecule has 0 aromatic carbocycles. The van der Waals surface area contributed by atoms with Crippen molar-refractivity contribution in [2.45, 2.75) is 201 Å². The first kappa shape index (κ1) is 42.3. The summed E-state index contributed by atoms with van der Waals surface area (Å²) >= 11 is 2.03. The van der Waals surface area contributed by atoms with Gasteiger partial charge in [0, 0.05) is 6.42 Å². The maximum Gasteiger partial charge on any atom is 0.306 e. The molecule has 0 saturated heterocycles. The van der Waals surface area contributed by atoms with Gasteiger partial charge in [0.15, 0.2) is 0 Å². The van der Waals surface area contributed by atoms with Crippen molar-refractivity contribution in [3.8, 4) is 0 Å². The number of aliphatic carboxylic acids is 1. The van der Waals surface area contributed by atoms with Gasteiger partial charge in [0.2, 0.25) is 0 Å². The lowest BCUT2D eigenvalue weighted by molar-refractivity contribution is -0.144. The van der Waals surface area contributed by atoms with Crippen LogP contribution in [0.2, 0.25) is 0 Å². The molecule has 0 amide bonds. The highest BCUT2D eigenvalue weighted by Gasteiger charge is 2.16. The van der Waals surface area contributed by atoms with Crippen molar-refractivity contribution >= 4 is 23.7 Å². The van der Waals surface area contributed by atoms with E-state index < -0.39 is 5.97 Å². The van der Waals surface area contributed by atoms with Crippen LogP contribution in [0.5, 0.6) is 0 Å². The van der Waals surface area contributed by atoms with Gasteiger partial charge in [0.05, 0.1) is 12.5 Å². The van der Waals surface area contributed by atoms with Crippen molar-refractivity contribution in [1.82, 2.24) is 0 Å². The SMILES string of the molecule is CCCCCCCCCCCCCCC(CCCCCSCCCCCCC(=O)OCCCCCCCC(C)C)C(=O)O. The van der Waals surface area contributed by atoms with Crippen LogP contribution in [0.3, 0.4) is 0 Å². The van der Waals surface area contributed by atoms with E-state index in [0.717, 1.165) is 57.3 Å². The fraction of sp³-hybridized carbons (Fsp3) is 0.947. The Hall–Kier alpha value is -0.710. The maximum absolute atomic E-state index is 11.9. The third-order valence-electron chi connectivity index (χ3n) is 8.71. The minimum absolute atomic E-state index is 0.0200. The second kappa shape index (κ2) is 34.2. The van der Waals surface area contributed by atoms with Crippen LogP contribution in [0.4, 0.5) is 0 Å². The summed E-state index contributed by atoms with van der Waals surface area (Å²) in [6.07, 6.45) is 33.4. The quantitative estimate of drug-likeness (QED) is 0.0560. The van der Waals surface area contributed by atoms with Crippen molar-refractivity contribution in [2.24, 2.45) is 11.8 Å². The van der Waals surface area contributed by atoms with Crippen LogP contribution in [0, 0.1) is 11.8 Å². The summed E-state index contributed by atoms with van der Waals surface area (Å²) in [5.74, 6) is 2.43. The summed E-state index contributed by atoms with van der Waals surface area (Å²) in [7, 11) is 0. The maximum atomic E-state index is 11.9. The number of carbonyl (C=O) groups is 2. The lowest BCUT2D eigenvalue weighted by Gasteiger charge is -2.12. The molecule has 0 aliphatic heterocycles. The highest BCUT2D eigenvalue weighted by atomic mass is 32.2. The van der Waals surface area contributed by atoms with E-state index in [1.54, 1.807) is 0 Å². The molecule has 5 heteroatoms. The number of hydrogen-bond acceptors (Lipinski definition) is 4. The molecule has 256 valence electrons. The first-order valence-electron chi connectivity index (χ1n) is 18.9. The van der Waals surface area contributed by atoms with Gasteiger partial charge in [0.1, 0.15) is 0 Å². The van der Waals surface area contributed by atoms with Gasteiger partial charge in [-0.2, -0.15) is 11.8 Å². The molecule has 1 atom stereocenters. The molecule has 0 saturated carbocycles. The van der Waals surface area contributed by atoms with Crippen LogP contribution in [-0.4, -0.2) is 35.2 Å². The number of carboxylic acids is 1. The first-order chi connectivity index (χ1) is 21.0. The Bertz CT molecular complexity index is 594. The molecular weight excluding hydrogens is 552 g/mol. The summed E-state index contributed by atoms with van der Waals surface area (Å²) in [5.41, 5.74) is 0. The predicted molar refractivity (Wildman–Crippen MR) is 189 cm³/mol. The second-order valence-electron chi connectivity index (χ2n) is 13.5. The number of rotatable bonds is 35. The lowest BCUT2D eigenvalue weighted by Crippen LogP contribution is -2.13. The van der Waals surface area contributed by atoms with Crippen molar-refractivity contribution in [3.63, 3.8) is 0 Å². The van der Waals surface area contributed by atoms with Crippen molar-refractivity contribution in [2.75, 3.05) is 18.1 Å². The Balaban J connectivity index is 3.43. The van der Waals surface area contributed by atoms with Crippen LogP contribution in [0.25, 0.3) is 0 Å². The van der Waals surface area contributed by atoms with Crippen LogP contribution < -0.4 is 0 Å². The number of unbranched alkanes of at least 4 members (excludes halogenated alkanes) is 20. The van der Waals surface area contributed by atoms with Crippen LogP contribution >= 0.6 is 11.8 Å². The average molecular weight is 627 g/mol. The van der Waals surface area contributed by atoms with Crippen molar-refractivity contribution in [3.05, 3.63) is 0 Å². The summed E-state index contributed by atoms with van der Waals surface area (Å²) in [6.45, 7) is 7.43. The number of carboxylic acid groups (broad SMARTS) is 1. The number of hydrogen-bond donors (Lipinski definition) is 1. The molecule has 0 aliphatic carbocycles. The normalized spacial score (nSPS) is 12.2. The van der Waals surface area contributed by atoms with Gasteiger partial charge in [-0.1, -0.05) is 156 Å². The molecular formula is C38H74O4S. The predicted octanol–water partition coefficient (Wildman–Crippen LogP) is 12.6. The molecule has 0 fully saturated rings. The van der Waals surface area contributed by atoms with E-state index >= 15 is 0 Å². The second-order valence-corrected chi connectivity index (χ2v) is 14.7. The van der Waals surface area contributed by atoms with E-state index in [2.05, 4.69) is 20.8 Å². The Kier molecular flexibility index (Phi) is 33.6. The zero-order valence-electron chi connectivity index (χ0n) is 29.2. The molecule has 0 aromatic rings. The molecule has 4 nitrogen and oxygen atoms in total. The van der Waals surface area contributed by atoms with Gasteiger partial charge < -0.3 is 9.84 Å². The van der Waals surface area contributed by atoms with Gasteiger partial charge in [0.25, 0.3) is 0 Å². The third-order valence-corrected chi connectivity index (χ3v) is 9.86. The van der Waals surface area contributed by atoms with E-state index in [1.165, 1.54) is 134 Å². The van der Waals surface area contributed by atoms with E-state index in [1.807, 2.05) is 11.8 Å². The lowest BCUT2D eigenvalue weighted by atomic mass is 9.94. The van der Waals surface area contributed by atoms with E-state index in [4.69, 9.17) is 4.74 Å². The Morgan fingerprint density at radius 1 is 0.558 bits per heavy atom. The number of thioether (sulfide) groups is 1. The fourth-order valence-electron chi connectivity index (χ4n) is 5.77. The Morgan fingerprint density at radius 2 is 0.977 bits per heavy atom. The average Bonchev–Trinajstić information content (AvgIpc) is 2.98. The number of esters is 1. The molecule has 43 heavy (non-hydrogen) atoms. The van der Waals surface area contributed by atoms with Gasteiger partial charge >= 0.3 is 11.9 Å². The van der Waals surface area contributed by atoms with E-state index in [0.29, 0.717) is 13.0 Å².